The fourth-order valence-electron chi connectivity index (χ4n) is 2.60. The number of carbonyl (C=O) groups excluding carboxylic acids is 2. The van der Waals surface area contributed by atoms with Gasteiger partial charge in [-0.1, -0.05) is 30.3 Å². The number of hydrogen-bond donors (Lipinski definition) is 2. The second-order valence-electron chi connectivity index (χ2n) is 6.34. The molecule has 2 aromatic carbocycles. The van der Waals surface area contributed by atoms with Crippen molar-refractivity contribution >= 4 is 11.8 Å². The molecule has 26 heavy (non-hydrogen) atoms. The zero-order valence-corrected chi connectivity index (χ0v) is 15.2. The van der Waals surface area contributed by atoms with Gasteiger partial charge in [0.25, 0.3) is 5.91 Å². The molecule has 0 aliphatic carbocycles. The Kier molecular flexibility index (Phi) is 6.86. The third kappa shape index (κ3) is 5.39. The van der Waals surface area contributed by atoms with Gasteiger partial charge in [0, 0.05) is 12.1 Å². The van der Waals surface area contributed by atoms with Crippen molar-refractivity contribution in [3.63, 3.8) is 0 Å². The predicted octanol–water partition coefficient (Wildman–Crippen LogP) is 2.36. The molecule has 6 heteroatoms. The van der Waals surface area contributed by atoms with Gasteiger partial charge in [-0.2, -0.15) is 0 Å². The van der Waals surface area contributed by atoms with Crippen LogP contribution in [0.1, 0.15) is 28.9 Å². The van der Waals surface area contributed by atoms with Crippen LogP contribution in [0.2, 0.25) is 0 Å². The minimum atomic E-state index is -0.682. The minimum absolute atomic E-state index is 0.174. The minimum Gasteiger partial charge on any atom is -0.352 e. The highest BCUT2D eigenvalue weighted by Gasteiger charge is 2.20. The number of hydrogen-bond acceptors (Lipinski definition) is 3. The number of amides is 2. The summed E-state index contributed by atoms with van der Waals surface area (Å²) in [6, 6.07) is 14.2. The normalized spacial score (nSPS) is 13.1. The van der Waals surface area contributed by atoms with Gasteiger partial charge < -0.3 is 15.5 Å². The molecule has 0 heterocycles. The van der Waals surface area contributed by atoms with Crippen molar-refractivity contribution < 1.29 is 14.0 Å². The molecule has 0 aromatic heterocycles. The van der Waals surface area contributed by atoms with Crippen LogP contribution in [0.5, 0.6) is 0 Å². The lowest BCUT2D eigenvalue weighted by Crippen LogP contribution is -2.46. The van der Waals surface area contributed by atoms with E-state index in [1.54, 1.807) is 37.3 Å². The Labute approximate surface area is 153 Å². The summed E-state index contributed by atoms with van der Waals surface area (Å²) < 4.78 is 13.5. The molecule has 0 aliphatic heterocycles. The van der Waals surface area contributed by atoms with E-state index in [4.69, 9.17) is 0 Å². The second-order valence-corrected chi connectivity index (χ2v) is 6.34. The summed E-state index contributed by atoms with van der Waals surface area (Å²) in [6.07, 6.45) is 0. The summed E-state index contributed by atoms with van der Waals surface area (Å²) in [6.45, 7) is 1.93. The topological polar surface area (TPSA) is 61.4 Å². The molecular weight excluding hydrogens is 333 g/mol. The number of nitrogens with one attached hydrogen (secondary N) is 2. The maximum Gasteiger partial charge on any atom is 0.251 e. The summed E-state index contributed by atoms with van der Waals surface area (Å²) in [7, 11) is 3.73. The summed E-state index contributed by atoms with van der Waals surface area (Å²) in [4.78, 5) is 26.3. The smallest absolute Gasteiger partial charge is 0.251 e. The summed E-state index contributed by atoms with van der Waals surface area (Å²) in [5, 5.41) is 5.49. The van der Waals surface area contributed by atoms with E-state index >= 15 is 0 Å². The summed E-state index contributed by atoms with van der Waals surface area (Å²) >= 11 is 0. The molecule has 2 N–H and O–H groups in total. The van der Waals surface area contributed by atoms with E-state index in [1.807, 2.05) is 31.1 Å². The maximum atomic E-state index is 13.5. The molecule has 2 rings (SSSR count). The predicted molar refractivity (Wildman–Crippen MR) is 99.2 cm³/mol. The molecule has 0 radical (unpaired) electrons. The van der Waals surface area contributed by atoms with Gasteiger partial charge in [0.15, 0.2) is 0 Å². The quantitative estimate of drug-likeness (QED) is 0.800. The zero-order chi connectivity index (χ0) is 19.1. The van der Waals surface area contributed by atoms with Crippen LogP contribution < -0.4 is 10.6 Å². The summed E-state index contributed by atoms with van der Waals surface area (Å²) in [5.41, 5.74) is 1.27. The molecule has 0 unspecified atom stereocenters. The van der Waals surface area contributed by atoms with Crippen LogP contribution in [0.25, 0.3) is 0 Å². The van der Waals surface area contributed by atoms with Crippen molar-refractivity contribution in [3.05, 3.63) is 71.5 Å². The zero-order valence-electron chi connectivity index (χ0n) is 15.2. The number of likely N-dealkylation sites (N-methyl/N-ethyl adjacent to an activating group) is 1. The van der Waals surface area contributed by atoms with E-state index in [0.29, 0.717) is 12.1 Å². The number of rotatable bonds is 7. The lowest BCUT2D eigenvalue weighted by Gasteiger charge is -2.26. The van der Waals surface area contributed by atoms with Crippen LogP contribution >= 0.6 is 0 Å². The van der Waals surface area contributed by atoms with Crippen LogP contribution in [-0.2, 0) is 4.79 Å². The largest absolute Gasteiger partial charge is 0.352 e. The van der Waals surface area contributed by atoms with Crippen LogP contribution in [0.4, 0.5) is 4.39 Å². The highest BCUT2D eigenvalue weighted by atomic mass is 19.1. The van der Waals surface area contributed by atoms with Crippen LogP contribution in [0.15, 0.2) is 54.6 Å². The maximum absolute atomic E-state index is 13.5. The Bertz CT molecular complexity index is 750. The first-order valence-corrected chi connectivity index (χ1v) is 8.44. The fraction of sp³-hybridized carbons (Fsp3) is 0.300. The van der Waals surface area contributed by atoms with Crippen molar-refractivity contribution in [3.8, 4) is 0 Å². The van der Waals surface area contributed by atoms with Gasteiger partial charge in [0.2, 0.25) is 5.91 Å². The Morgan fingerprint density at radius 3 is 2.38 bits per heavy atom. The van der Waals surface area contributed by atoms with Crippen LogP contribution in [-0.4, -0.2) is 43.4 Å². The number of carbonyl (C=O) groups is 2. The molecule has 0 aliphatic rings. The monoisotopic (exact) mass is 357 g/mol. The highest BCUT2D eigenvalue weighted by Crippen LogP contribution is 2.18. The second kappa shape index (κ2) is 9.10. The van der Waals surface area contributed by atoms with Crippen LogP contribution in [0, 0.1) is 5.82 Å². The van der Waals surface area contributed by atoms with Gasteiger partial charge in [0.1, 0.15) is 11.9 Å². The van der Waals surface area contributed by atoms with Gasteiger partial charge in [0.05, 0.1) is 6.04 Å². The van der Waals surface area contributed by atoms with Gasteiger partial charge in [-0.05, 0) is 50.8 Å². The van der Waals surface area contributed by atoms with Crippen molar-refractivity contribution in [1.29, 1.82) is 0 Å². The Hall–Kier alpha value is -2.73. The van der Waals surface area contributed by atoms with Crippen molar-refractivity contribution in [2.24, 2.45) is 0 Å². The first kappa shape index (κ1) is 19.6. The van der Waals surface area contributed by atoms with E-state index in [-0.39, 0.29) is 23.7 Å². The van der Waals surface area contributed by atoms with Crippen molar-refractivity contribution in [2.75, 3.05) is 20.6 Å². The molecular formula is C20H24FN3O2. The van der Waals surface area contributed by atoms with Crippen LogP contribution in [0.3, 0.4) is 0 Å². The SMILES string of the molecule is C[C@H](NC(=O)c1ccccc1)C(=O)NC[C@@H](c1cccc(F)c1)N(C)C. The highest BCUT2D eigenvalue weighted by molar-refractivity contribution is 5.97. The average Bonchev–Trinajstić information content (AvgIpc) is 2.62. The molecule has 138 valence electrons. The first-order chi connectivity index (χ1) is 12.4. The van der Waals surface area contributed by atoms with Gasteiger partial charge in [-0.15, -0.1) is 0 Å². The molecule has 0 fully saturated rings. The van der Waals surface area contributed by atoms with Gasteiger partial charge in [-0.3, -0.25) is 9.59 Å². The average molecular weight is 357 g/mol. The summed E-state index contributed by atoms with van der Waals surface area (Å²) in [5.74, 6) is -0.913. The number of halogens is 1. The molecule has 2 atom stereocenters. The third-order valence-corrected chi connectivity index (χ3v) is 4.10. The lowest BCUT2D eigenvalue weighted by molar-refractivity contribution is -0.122. The Morgan fingerprint density at radius 2 is 1.77 bits per heavy atom. The van der Waals surface area contributed by atoms with Gasteiger partial charge >= 0.3 is 0 Å². The number of nitrogens with zero attached hydrogens (tertiary/aromatic N) is 1. The molecule has 0 saturated heterocycles. The lowest BCUT2D eigenvalue weighted by atomic mass is 10.1. The van der Waals surface area contributed by atoms with E-state index in [9.17, 15) is 14.0 Å². The third-order valence-electron chi connectivity index (χ3n) is 4.10. The Balaban J connectivity index is 1.94. The van der Waals surface area contributed by atoms with E-state index < -0.39 is 6.04 Å². The standard InChI is InChI=1S/C20H24FN3O2/c1-14(23-20(26)15-8-5-4-6-9-15)19(25)22-13-18(24(2)3)16-10-7-11-17(21)12-16/h4-12,14,18H,13H2,1-3H3,(H,22,25)(H,23,26)/t14-,18-/m0/s1. The molecule has 0 bridgehead atoms. The number of benzene rings is 2. The molecule has 0 spiro atoms. The Morgan fingerprint density at radius 1 is 1.08 bits per heavy atom. The van der Waals surface area contributed by atoms with E-state index in [2.05, 4.69) is 10.6 Å². The van der Waals surface area contributed by atoms with Crippen molar-refractivity contribution in [1.82, 2.24) is 15.5 Å². The fourth-order valence-corrected chi connectivity index (χ4v) is 2.60. The van der Waals surface area contributed by atoms with Gasteiger partial charge in [-0.25, -0.2) is 4.39 Å². The molecule has 2 aromatic rings. The molecule has 2 amide bonds. The molecule has 0 saturated carbocycles. The van der Waals surface area contributed by atoms with Crippen molar-refractivity contribution in [2.45, 2.75) is 19.0 Å². The van der Waals surface area contributed by atoms with E-state index in [1.165, 1.54) is 12.1 Å². The van der Waals surface area contributed by atoms with E-state index in [0.717, 1.165) is 5.56 Å². The molecule has 5 nitrogen and oxygen atoms in total. The first-order valence-electron chi connectivity index (χ1n) is 8.44.